The fraction of sp³-hybridized carbons (Fsp3) is 0.250. The lowest BCUT2D eigenvalue weighted by atomic mass is 10.2. The third-order valence-corrected chi connectivity index (χ3v) is 3.41. The zero-order chi connectivity index (χ0) is 11.8. The number of hydrogen-bond acceptors (Lipinski definition) is 3. The van der Waals surface area contributed by atoms with Crippen molar-refractivity contribution in [2.75, 3.05) is 0 Å². The Hall–Kier alpha value is -1.49. The topological polar surface area (TPSA) is 47.8 Å². The van der Waals surface area contributed by atoms with Crippen LogP contribution in [-0.2, 0) is 0 Å². The molecule has 5 heteroatoms. The molecular formula is C12H10BrN3O. The molecule has 0 unspecified atom stereocenters. The van der Waals surface area contributed by atoms with Crippen LogP contribution in [0.25, 0.3) is 5.69 Å². The summed E-state index contributed by atoms with van der Waals surface area (Å²) in [4.78, 5) is 10.9. The van der Waals surface area contributed by atoms with E-state index in [1.165, 1.54) is 0 Å². The largest absolute Gasteiger partial charge is 0.296 e. The Morgan fingerprint density at radius 2 is 2.00 bits per heavy atom. The van der Waals surface area contributed by atoms with Crippen LogP contribution in [0, 0.1) is 0 Å². The molecule has 17 heavy (non-hydrogen) atoms. The van der Waals surface area contributed by atoms with Crippen LogP contribution in [0.5, 0.6) is 0 Å². The maximum absolute atomic E-state index is 10.9. The van der Waals surface area contributed by atoms with Gasteiger partial charge < -0.3 is 0 Å². The first-order valence-electron chi connectivity index (χ1n) is 5.46. The van der Waals surface area contributed by atoms with Crippen LogP contribution in [0.4, 0.5) is 0 Å². The second kappa shape index (κ2) is 4.07. The molecule has 0 atom stereocenters. The normalized spacial score (nSPS) is 14.9. The van der Waals surface area contributed by atoms with Crippen molar-refractivity contribution in [1.29, 1.82) is 0 Å². The molecule has 1 aromatic carbocycles. The van der Waals surface area contributed by atoms with Crippen molar-refractivity contribution in [3.63, 3.8) is 0 Å². The van der Waals surface area contributed by atoms with Crippen LogP contribution < -0.4 is 0 Å². The maximum Gasteiger partial charge on any atom is 0.172 e. The van der Waals surface area contributed by atoms with Crippen LogP contribution in [0.3, 0.4) is 0 Å². The van der Waals surface area contributed by atoms with Crippen molar-refractivity contribution in [3.8, 4) is 5.69 Å². The molecule has 1 aromatic heterocycles. The number of carbonyl (C=O) groups excluding carboxylic acids is 1. The van der Waals surface area contributed by atoms with E-state index in [0.717, 1.165) is 35.0 Å². The second-order valence-electron chi connectivity index (χ2n) is 4.14. The quantitative estimate of drug-likeness (QED) is 0.817. The van der Waals surface area contributed by atoms with Crippen LogP contribution in [0.15, 0.2) is 28.7 Å². The summed E-state index contributed by atoms with van der Waals surface area (Å²) in [6, 6.07) is 7.82. The first-order valence-corrected chi connectivity index (χ1v) is 6.25. The molecule has 1 aliphatic carbocycles. The van der Waals surface area contributed by atoms with Crippen molar-refractivity contribution >= 4 is 22.2 Å². The van der Waals surface area contributed by atoms with Gasteiger partial charge in [-0.05, 0) is 37.1 Å². The van der Waals surface area contributed by atoms with E-state index in [-0.39, 0.29) is 0 Å². The molecule has 0 N–H and O–H groups in total. The zero-order valence-corrected chi connectivity index (χ0v) is 10.6. The van der Waals surface area contributed by atoms with E-state index in [4.69, 9.17) is 0 Å². The van der Waals surface area contributed by atoms with Crippen molar-refractivity contribution < 1.29 is 4.79 Å². The highest BCUT2D eigenvalue weighted by Gasteiger charge is 2.31. The van der Waals surface area contributed by atoms with Crippen LogP contribution in [0.1, 0.15) is 34.9 Å². The van der Waals surface area contributed by atoms with Gasteiger partial charge in [0.05, 0.1) is 11.4 Å². The average molecular weight is 292 g/mol. The Labute approximate surface area is 107 Å². The molecule has 0 saturated heterocycles. The van der Waals surface area contributed by atoms with E-state index < -0.39 is 0 Å². The minimum atomic E-state index is 0.439. The van der Waals surface area contributed by atoms with Gasteiger partial charge in [-0.1, -0.05) is 21.1 Å². The number of halogens is 1. The Kier molecular flexibility index (Phi) is 2.55. The molecule has 3 rings (SSSR count). The van der Waals surface area contributed by atoms with Crippen LogP contribution in [-0.4, -0.2) is 21.3 Å². The third kappa shape index (κ3) is 1.91. The minimum absolute atomic E-state index is 0.439. The fourth-order valence-electron chi connectivity index (χ4n) is 1.90. The molecule has 1 saturated carbocycles. The molecule has 2 aromatic rings. The molecule has 0 amide bonds. The summed E-state index contributed by atoms with van der Waals surface area (Å²) in [5.74, 6) is 0.439. The highest BCUT2D eigenvalue weighted by Crippen LogP contribution is 2.41. The second-order valence-corrected chi connectivity index (χ2v) is 5.06. The van der Waals surface area contributed by atoms with Gasteiger partial charge in [-0.25, -0.2) is 4.68 Å². The van der Waals surface area contributed by atoms with Gasteiger partial charge in [0.15, 0.2) is 6.29 Å². The lowest BCUT2D eigenvalue weighted by Gasteiger charge is -2.05. The number of hydrogen-bond donors (Lipinski definition) is 0. The van der Waals surface area contributed by atoms with Crippen molar-refractivity contribution in [3.05, 3.63) is 40.1 Å². The standard InChI is InChI=1S/C12H10BrN3O/c13-9-3-5-10(6-4-9)16-12(8-1-2-8)11(7-17)14-15-16/h3-8H,1-2H2. The highest BCUT2D eigenvalue weighted by molar-refractivity contribution is 9.10. The summed E-state index contributed by atoms with van der Waals surface area (Å²) in [7, 11) is 0. The van der Waals surface area contributed by atoms with Crippen LogP contribution in [0.2, 0.25) is 0 Å². The van der Waals surface area contributed by atoms with E-state index in [1.807, 2.05) is 24.3 Å². The summed E-state index contributed by atoms with van der Waals surface area (Å²) >= 11 is 3.40. The van der Waals surface area contributed by atoms with Crippen molar-refractivity contribution in [1.82, 2.24) is 15.0 Å². The Balaban J connectivity index is 2.10. The smallest absolute Gasteiger partial charge is 0.172 e. The van der Waals surface area contributed by atoms with Crippen LogP contribution >= 0.6 is 15.9 Å². The average Bonchev–Trinajstić information content (AvgIpc) is 3.10. The number of benzene rings is 1. The van der Waals surface area contributed by atoms with Gasteiger partial charge in [-0.2, -0.15) is 0 Å². The molecule has 0 radical (unpaired) electrons. The minimum Gasteiger partial charge on any atom is -0.296 e. The van der Waals surface area contributed by atoms with E-state index in [9.17, 15) is 4.79 Å². The Morgan fingerprint density at radius 1 is 1.29 bits per heavy atom. The van der Waals surface area contributed by atoms with E-state index >= 15 is 0 Å². The summed E-state index contributed by atoms with van der Waals surface area (Å²) in [6.07, 6.45) is 3.02. The molecule has 0 bridgehead atoms. The maximum atomic E-state index is 10.9. The van der Waals surface area contributed by atoms with Gasteiger partial charge in [0.25, 0.3) is 0 Å². The van der Waals surface area contributed by atoms with E-state index in [2.05, 4.69) is 26.2 Å². The molecular weight excluding hydrogens is 282 g/mol. The van der Waals surface area contributed by atoms with Gasteiger partial charge in [0.2, 0.25) is 0 Å². The predicted molar refractivity (Wildman–Crippen MR) is 66.4 cm³/mol. The molecule has 0 aliphatic heterocycles. The Bertz CT molecular complexity index is 558. The molecule has 86 valence electrons. The zero-order valence-electron chi connectivity index (χ0n) is 9.01. The monoisotopic (exact) mass is 291 g/mol. The third-order valence-electron chi connectivity index (χ3n) is 2.88. The number of nitrogens with zero attached hydrogens (tertiary/aromatic N) is 3. The van der Waals surface area contributed by atoms with Gasteiger partial charge >= 0.3 is 0 Å². The fourth-order valence-corrected chi connectivity index (χ4v) is 2.16. The molecule has 1 aliphatic rings. The summed E-state index contributed by atoms with van der Waals surface area (Å²) < 4.78 is 2.79. The number of rotatable bonds is 3. The lowest BCUT2D eigenvalue weighted by molar-refractivity contribution is 0.111. The number of carbonyl (C=O) groups is 1. The van der Waals surface area contributed by atoms with Gasteiger partial charge in [0.1, 0.15) is 5.69 Å². The first kappa shape index (κ1) is 10.7. The number of aldehydes is 1. The van der Waals surface area contributed by atoms with Crippen molar-refractivity contribution in [2.24, 2.45) is 0 Å². The SMILES string of the molecule is O=Cc1nnn(-c2ccc(Br)cc2)c1C1CC1. The molecule has 1 fully saturated rings. The van der Waals surface area contributed by atoms with Gasteiger partial charge in [0, 0.05) is 10.4 Å². The molecule has 1 heterocycles. The molecule has 0 spiro atoms. The van der Waals surface area contributed by atoms with E-state index in [1.54, 1.807) is 4.68 Å². The summed E-state index contributed by atoms with van der Waals surface area (Å²) in [5.41, 5.74) is 2.36. The predicted octanol–water partition coefficient (Wildman–Crippen LogP) is 2.72. The Morgan fingerprint density at radius 3 is 2.59 bits per heavy atom. The highest BCUT2D eigenvalue weighted by atomic mass is 79.9. The lowest BCUT2D eigenvalue weighted by Crippen LogP contribution is -2.02. The first-order chi connectivity index (χ1) is 8.29. The molecule has 4 nitrogen and oxygen atoms in total. The van der Waals surface area contributed by atoms with Gasteiger partial charge in [-0.15, -0.1) is 5.10 Å². The van der Waals surface area contributed by atoms with Crippen molar-refractivity contribution in [2.45, 2.75) is 18.8 Å². The summed E-state index contributed by atoms with van der Waals surface area (Å²) in [6.45, 7) is 0. The van der Waals surface area contributed by atoms with Gasteiger partial charge in [-0.3, -0.25) is 4.79 Å². The van der Waals surface area contributed by atoms with E-state index in [0.29, 0.717) is 11.6 Å². The number of aromatic nitrogens is 3. The summed E-state index contributed by atoms with van der Waals surface area (Å²) in [5, 5.41) is 8.00.